The minimum atomic E-state index is -0.0220. The van der Waals surface area contributed by atoms with Crippen molar-refractivity contribution >= 4 is 11.6 Å². The lowest BCUT2D eigenvalue weighted by Crippen LogP contribution is -2.37. The van der Waals surface area contributed by atoms with E-state index < -0.39 is 0 Å². The molecule has 1 aromatic rings. The second kappa shape index (κ2) is 10.2. The maximum Gasteiger partial charge on any atom is 0.390 e. The van der Waals surface area contributed by atoms with Crippen molar-refractivity contribution in [3.63, 3.8) is 0 Å². The van der Waals surface area contributed by atoms with Gasteiger partial charge in [-0.2, -0.15) is 0 Å². The van der Waals surface area contributed by atoms with E-state index in [0.29, 0.717) is 22.5 Å². The molecule has 0 aromatic carbocycles. The number of nitrogens with zero attached hydrogens (tertiary/aromatic N) is 2. The Kier molecular flexibility index (Phi) is 8.55. The number of unbranched alkanes of at least 4 members (excludes halogenated alkanes) is 9. The third kappa shape index (κ3) is 6.65. The first-order valence-electron chi connectivity index (χ1n) is 8.29. The maximum absolute atomic E-state index is 11.7. The Morgan fingerprint density at radius 2 is 1.48 bits per heavy atom. The van der Waals surface area contributed by atoms with Crippen molar-refractivity contribution < 1.29 is 4.73 Å². The molecule has 0 aliphatic carbocycles. The van der Waals surface area contributed by atoms with Crippen LogP contribution >= 0.6 is 0 Å². The molecule has 4 N–H and O–H groups in total. The highest BCUT2D eigenvalue weighted by Crippen LogP contribution is 2.13. The van der Waals surface area contributed by atoms with Gasteiger partial charge in [0.2, 0.25) is 0 Å². The van der Waals surface area contributed by atoms with Gasteiger partial charge in [-0.3, -0.25) is 5.73 Å². The minimum Gasteiger partial charge on any atom is -0.740 e. The van der Waals surface area contributed by atoms with Crippen molar-refractivity contribution in [1.29, 1.82) is 0 Å². The second-order valence-corrected chi connectivity index (χ2v) is 5.74. The predicted molar refractivity (Wildman–Crippen MR) is 87.6 cm³/mol. The smallest absolute Gasteiger partial charge is 0.390 e. The Morgan fingerprint density at radius 1 is 0.952 bits per heavy atom. The van der Waals surface area contributed by atoms with E-state index in [1.54, 1.807) is 0 Å². The molecule has 120 valence electrons. The van der Waals surface area contributed by atoms with Gasteiger partial charge in [-0.25, -0.2) is 4.73 Å². The molecule has 5 heteroatoms. The normalized spacial score (nSPS) is 10.9. The quantitative estimate of drug-likeness (QED) is 0.372. The number of anilines is 2. The molecule has 0 aliphatic heterocycles. The molecule has 1 aromatic heterocycles. The van der Waals surface area contributed by atoms with Crippen LogP contribution in [0.5, 0.6) is 0 Å². The van der Waals surface area contributed by atoms with Crippen LogP contribution in [0.25, 0.3) is 0 Å². The zero-order valence-corrected chi connectivity index (χ0v) is 13.3. The first-order valence-corrected chi connectivity index (χ1v) is 8.29. The highest BCUT2D eigenvalue weighted by atomic mass is 16.5. The molecule has 0 saturated carbocycles. The summed E-state index contributed by atoms with van der Waals surface area (Å²) in [6.45, 7) is 2.24. The van der Waals surface area contributed by atoms with Crippen LogP contribution in [0.15, 0.2) is 6.20 Å². The van der Waals surface area contributed by atoms with Gasteiger partial charge in [-0.05, 0) is 6.42 Å². The predicted octanol–water partition coefficient (Wildman–Crippen LogP) is 3.34. The zero-order valence-electron chi connectivity index (χ0n) is 13.3. The van der Waals surface area contributed by atoms with Gasteiger partial charge in [0.1, 0.15) is 17.6 Å². The molecular weight excluding hydrogens is 264 g/mol. The van der Waals surface area contributed by atoms with Crippen molar-refractivity contribution in [2.75, 3.05) is 11.5 Å². The summed E-state index contributed by atoms with van der Waals surface area (Å²) in [6.07, 6.45) is 14.9. The molecule has 0 amide bonds. The van der Waals surface area contributed by atoms with Gasteiger partial charge in [-0.1, -0.05) is 69.7 Å². The summed E-state index contributed by atoms with van der Waals surface area (Å²) in [5, 5.41) is 11.7. The lowest BCUT2D eigenvalue weighted by molar-refractivity contribution is -0.600. The van der Waals surface area contributed by atoms with Crippen molar-refractivity contribution in [3.05, 3.63) is 17.1 Å². The fourth-order valence-electron chi connectivity index (χ4n) is 2.54. The van der Waals surface area contributed by atoms with E-state index in [1.165, 1.54) is 57.6 Å². The van der Waals surface area contributed by atoms with Crippen LogP contribution in [0.1, 0.15) is 76.8 Å². The average molecular weight is 294 g/mol. The standard InChI is InChI=1S/C16H30N4O/c1-2-3-4-5-6-7-8-9-10-11-12-15-14(17)13-19-16(18)20(15)21/h13H,2-12,17H2,1H3,(H2,18,19). The Hall–Kier alpha value is -1.52. The Bertz CT molecular complexity index is 410. The van der Waals surface area contributed by atoms with Gasteiger partial charge in [0.05, 0.1) is 0 Å². The van der Waals surface area contributed by atoms with Crippen molar-refractivity contribution in [2.24, 2.45) is 0 Å². The van der Waals surface area contributed by atoms with Gasteiger partial charge in [0.15, 0.2) is 0 Å². The van der Waals surface area contributed by atoms with Crippen LogP contribution in [0.3, 0.4) is 0 Å². The SMILES string of the molecule is CCCCCCCCCCCCc1c(N)cnc(N)[n+]1[O-]. The van der Waals surface area contributed by atoms with E-state index in [0.717, 1.165) is 12.8 Å². The summed E-state index contributed by atoms with van der Waals surface area (Å²) in [5.74, 6) is -0.0220. The molecule has 0 fully saturated rings. The Balaban J connectivity index is 2.08. The summed E-state index contributed by atoms with van der Waals surface area (Å²) in [7, 11) is 0. The van der Waals surface area contributed by atoms with E-state index in [1.807, 2.05) is 0 Å². The number of nitrogen functional groups attached to an aromatic ring is 2. The van der Waals surface area contributed by atoms with Crippen molar-refractivity contribution in [3.8, 4) is 0 Å². The van der Waals surface area contributed by atoms with Crippen LogP contribution in [-0.4, -0.2) is 4.98 Å². The highest BCUT2D eigenvalue weighted by Gasteiger charge is 2.10. The topological polar surface area (TPSA) is 91.9 Å². The number of hydrogen-bond donors (Lipinski definition) is 2. The molecule has 0 atom stereocenters. The molecule has 0 unspecified atom stereocenters. The molecular formula is C16H30N4O. The van der Waals surface area contributed by atoms with Crippen LogP contribution in [0.2, 0.25) is 0 Å². The molecule has 0 saturated heterocycles. The summed E-state index contributed by atoms with van der Waals surface area (Å²) in [5.41, 5.74) is 12.3. The Morgan fingerprint density at radius 3 is 2.05 bits per heavy atom. The van der Waals surface area contributed by atoms with Crippen molar-refractivity contribution in [1.82, 2.24) is 4.98 Å². The van der Waals surface area contributed by atoms with Crippen LogP contribution in [0, 0.1) is 5.21 Å². The zero-order chi connectivity index (χ0) is 15.5. The van der Waals surface area contributed by atoms with E-state index in [4.69, 9.17) is 11.5 Å². The van der Waals surface area contributed by atoms with E-state index >= 15 is 0 Å². The third-order valence-corrected chi connectivity index (χ3v) is 3.89. The molecule has 0 bridgehead atoms. The van der Waals surface area contributed by atoms with Crippen LogP contribution < -0.4 is 16.2 Å². The fraction of sp³-hybridized carbons (Fsp3) is 0.750. The average Bonchev–Trinajstić information content (AvgIpc) is 2.48. The second-order valence-electron chi connectivity index (χ2n) is 5.74. The number of nitrogens with two attached hydrogens (primary N) is 2. The molecule has 1 heterocycles. The molecule has 0 radical (unpaired) electrons. The molecule has 0 aliphatic rings. The van der Waals surface area contributed by atoms with E-state index in [-0.39, 0.29) is 5.95 Å². The minimum absolute atomic E-state index is 0.0220. The summed E-state index contributed by atoms with van der Waals surface area (Å²) in [6, 6.07) is 0. The van der Waals surface area contributed by atoms with E-state index in [2.05, 4.69) is 11.9 Å². The van der Waals surface area contributed by atoms with Crippen LogP contribution in [0.4, 0.5) is 11.6 Å². The molecule has 0 spiro atoms. The highest BCUT2D eigenvalue weighted by molar-refractivity contribution is 5.39. The maximum atomic E-state index is 11.7. The lowest BCUT2D eigenvalue weighted by Gasteiger charge is -2.13. The van der Waals surface area contributed by atoms with Gasteiger partial charge >= 0.3 is 5.95 Å². The number of hydrogen-bond acceptors (Lipinski definition) is 4. The molecule has 1 rings (SSSR count). The van der Waals surface area contributed by atoms with Crippen LogP contribution in [-0.2, 0) is 6.42 Å². The summed E-state index contributed by atoms with van der Waals surface area (Å²) in [4.78, 5) is 3.74. The summed E-state index contributed by atoms with van der Waals surface area (Å²) < 4.78 is 0.656. The fourth-order valence-corrected chi connectivity index (χ4v) is 2.54. The number of rotatable bonds is 11. The largest absolute Gasteiger partial charge is 0.740 e. The monoisotopic (exact) mass is 294 g/mol. The van der Waals surface area contributed by atoms with Gasteiger partial charge < -0.3 is 10.9 Å². The third-order valence-electron chi connectivity index (χ3n) is 3.89. The first kappa shape index (κ1) is 17.5. The van der Waals surface area contributed by atoms with E-state index in [9.17, 15) is 5.21 Å². The van der Waals surface area contributed by atoms with Gasteiger partial charge in [0, 0.05) is 6.42 Å². The Labute approximate surface area is 128 Å². The number of aromatic nitrogens is 2. The molecule has 21 heavy (non-hydrogen) atoms. The van der Waals surface area contributed by atoms with Crippen molar-refractivity contribution in [2.45, 2.75) is 77.6 Å². The van der Waals surface area contributed by atoms with Gasteiger partial charge in [-0.15, -0.1) is 0 Å². The first-order chi connectivity index (χ1) is 10.2. The molecule has 5 nitrogen and oxygen atoms in total. The van der Waals surface area contributed by atoms with Gasteiger partial charge in [0.25, 0.3) is 0 Å². The lowest BCUT2D eigenvalue weighted by atomic mass is 10.0. The summed E-state index contributed by atoms with van der Waals surface area (Å²) >= 11 is 0.